The molecule has 0 radical (unpaired) electrons. The smallest absolute Gasteiger partial charge is 0.00199 e. The second-order valence-electron chi connectivity index (χ2n) is 12.1. The normalized spacial score (nSPS) is 12.8. The van der Waals surface area contributed by atoms with Crippen molar-refractivity contribution < 1.29 is 0 Å². The van der Waals surface area contributed by atoms with Crippen LogP contribution < -0.4 is 0 Å². The Morgan fingerprint density at radius 3 is 1.17 bits per heavy atom. The maximum absolute atomic E-state index is 2.45. The van der Waals surface area contributed by atoms with E-state index in [2.05, 4.69) is 133 Å². The lowest BCUT2D eigenvalue weighted by molar-refractivity contribution is 1.80. The van der Waals surface area contributed by atoms with Crippen molar-refractivity contribution in [1.82, 2.24) is 0 Å². The monoisotopic (exact) mass is 526 g/mol. The van der Waals surface area contributed by atoms with Gasteiger partial charge in [-0.1, -0.05) is 103 Å². The number of hydrogen-bond acceptors (Lipinski definition) is 0. The fraction of sp³-hybridized carbons (Fsp3) is 0. The van der Waals surface area contributed by atoms with Gasteiger partial charge >= 0.3 is 0 Å². The van der Waals surface area contributed by atoms with E-state index >= 15 is 0 Å². The molecule has 0 saturated carbocycles. The van der Waals surface area contributed by atoms with Gasteiger partial charge in [-0.15, -0.1) is 0 Å². The van der Waals surface area contributed by atoms with Crippen molar-refractivity contribution in [1.29, 1.82) is 0 Å². The van der Waals surface area contributed by atoms with Crippen LogP contribution in [0.15, 0.2) is 133 Å². The first-order valence-electron chi connectivity index (χ1n) is 14.8. The Bertz CT molecular complexity index is 2940. The Balaban J connectivity index is 1.36. The fourth-order valence-electron chi connectivity index (χ4n) is 8.29. The lowest BCUT2D eigenvalue weighted by Crippen LogP contribution is -1.89. The first-order chi connectivity index (χ1) is 20.8. The molecule has 0 bridgehead atoms. The van der Waals surface area contributed by atoms with Gasteiger partial charge in [0.05, 0.1) is 0 Å². The molecule has 0 heteroatoms. The molecule has 0 atom stereocenters. The van der Waals surface area contributed by atoms with E-state index in [9.17, 15) is 0 Å². The number of benzene rings is 11. The van der Waals surface area contributed by atoms with Crippen molar-refractivity contribution in [2.24, 2.45) is 0 Å². The first kappa shape index (κ1) is 21.3. The predicted octanol–water partition coefficient (Wildman–Crippen LogP) is 12.1. The van der Waals surface area contributed by atoms with Gasteiger partial charge < -0.3 is 0 Å². The van der Waals surface area contributed by atoms with Gasteiger partial charge in [-0.2, -0.15) is 0 Å². The average molecular weight is 527 g/mol. The number of fused-ring (bicyclic) bond motifs is 8. The Morgan fingerprint density at radius 1 is 0.190 bits per heavy atom. The van der Waals surface area contributed by atoms with Crippen LogP contribution in [0.3, 0.4) is 0 Å². The van der Waals surface area contributed by atoms with Crippen molar-refractivity contribution in [2.75, 3.05) is 0 Å². The van der Waals surface area contributed by atoms with E-state index in [1.54, 1.807) is 0 Å². The van der Waals surface area contributed by atoms with E-state index in [1.165, 1.54) is 108 Å². The third-order valence-electron chi connectivity index (χ3n) is 10.0. The molecule has 0 aliphatic carbocycles. The highest BCUT2D eigenvalue weighted by molar-refractivity contribution is 6.38. The number of rotatable bonds is 0. The second kappa shape index (κ2) is 7.24. The van der Waals surface area contributed by atoms with Gasteiger partial charge in [-0.3, -0.25) is 0 Å². The zero-order chi connectivity index (χ0) is 27.1. The minimum atomic E-state index is 1.29. The average Bonchev–Trinajstić information content (AvgIpc) is 3.04. The third kappa shape index (κ3) is 2.47. The first-order valence-corrected chi connectivity index (χ1v) is 14.8. The zero-order valence-corrected chi connectivity index (χ0v) is 22.7. The van der Waals surface area contributed by atoms with Gasteiger partial charge in [0.1, 0.15) is 0 Å². The Hall–Kier alpha value is -5.46. The van der Waals surface area contributed by atoms with E-state index in [-0.39, 0.29) is 0 Å². The van der Waals surface area contributed by atoms with Crippen molar-refractivity contribution in [3.8, 4) is 0 Å². The largest absolute Gasteiger partial charge is 0.0610 e. The van der Waals surface area contributed by atoms with Crippen LogP contribution in [-0.2, 0) is 0 Å². The molecule has 11 aromatic carbocycles. The van der Waals surface area contributed by atoms with Gasteiger partial charge in [0.2, 0.25) is 0 Å². The summed E-state index contributed by atoms with van der Waals surface area (Å²) in [6, 6.07) is 50.6. The topological polar surface area (TPSA) is 0 Å². The second-order valence-corrected chi connectivity index (χ2v) is 12.1. The highest BCUT2D eigenvalue weighted by Gasteiger charge is 2.17. The van der Waals surface area contributed by atoms with Gasteiger partial charge in [0.15, 0.2) is 0 Å². The molecular formula is C42H22. The summed E-state index contributed by atoms with van der Waals surface area (Å²) in [4.78, 5) is 0. The highest BCUT2D eigenvalue weighted by Crippen LogP contribution is 2.45. The SMILES string of the molecule is c1cc2cccc3c4cc5cc6cc7c(cc6cc5c5cccc(c(c1)c23)c54)c1cccc2ccc3cccc7c3c21. The van der Waals surface area contributed by atoms with Gasteiger partial charge in [0, 0.05) is 0 Å². The molecule has 0 N–H and O–H groups in total. The van der Waals surface area contributed by atoms with E-state index < -0.39 is 0 Å². The van der Waals surface area contributed by atoms with Crippen LogP contribution in [0.4, 0.5) is 0 Å². The molecule has 0 spiro atoms. The minimum Gasteiger partial charge on any atom is -0.0610 e. The molecular weight excluding hydrogens is 504 g/mol. The minimum absolute atomic E-state index is 1.29. The van der Waals surface area contributed by atoms with E-state index in [0.717, 1.165) is 0 Å². The van der Waals surface area contributed by atoms with Crippen molar-refractivity contribution in [3.63, 3.8) is 0 Å². The maximum Gasteiger partial charge on any atom is -0.00199 e. The van der Waals surface area contributed by atoms with Crippen LogP contribution in [0.5, 0.6) is 0 Å². The van der Waals surface area contributed by atoms with Crippen molar-refractivity contribution >= 4 is 108 Å². The Kier molecular flexibility index (Phi) is 3.67. The quantitative estimate of drug-likeness (QED) is 0.136. The van der Waals surface area contributed by atoms with Crippen LogP contribution >= 0.6 is 0 Å². The Labute approximate surface area is 240 Å². The van der Waals surface area contributed by atoms with E-state index in [1.807, 2.05) is 0 Å². The predicted molar refractivity (Wildman–Crippen MR) is 184 cm³/mol. The summed E-state index contributed by atoms with van der Waals surface area (Å²) in [6.07, 6.45) is 0. The molecule has 11 aromatic rings. The molecule has 0 unspecified atom stereocenters. The molecule has 0 aromatic heterocycles. The zero-order valence-electron chi connectivity index (χ0n) is 22.7. The summed E-state index contributed by atoms with van der Waals surface area (Å²) in [5.74, 6) is 0. The molecule has 42 heavy (non-hydrogen) atoms. The standard InChI is InChI=1S/C42H22/c1-6-23-7-2-13-34-38-22-28-18-26-20-36-32-11-3-8-24-16-17-25-9-4-12-33(41(25)40(24)32)37(36)21-27(26)19-35(28)31-15-5-14-30(42(31)38)29(10-1)39(23)34/h1-22H. The number of hydrogen-bond donors (Lipinski definition) is 0. The van der Waals surface area contributed by atoms with E-state index in [0.29, 0.717) is 0 Å². The Morgan fingerprint density at radius 2 is 0.571 bits per heavy atom. The van der Waals surface area contributed by atoms with Gasteiger partial charge in [-0.25, -0.2) is 0 Å². The highest BCUT2D eigenvalue weighted by atomic mass is 14.2. The lowest BCUT2D eigenvalue weighted by atomic mass is 9.86. The molecule has 0 heterocycles. The van der Waals surface area contributed by atoms with Crippen LogP contribution in [0.2, 0.25) is 0 Å². The third-order valence-corrected chi connectivity index (χ3v) is 10.0. The van der Waals surface area contributed by atoms with Crippen LogP contribution in [-0.4, -0.2) is 0 Å². The molecule has 190 valence electrons. The molecule has 0 aliphatic heterocycles. The summed E-state index contributed by atoms with van der Waals surface area (Å²) >= 11 is 0. The summed E-state index contributed by atoms with van der Waals surface area (Å²) in [5, 5.41) is 26.7. The molecule has 0 fully saturated rings. The van der Waals surface area contributed by atoms with Gasteiger partial charge in [0.25, 0.3) is 0 Å². The molecule has 0 amide bonds. The van der Waals surface area contributed by atoms with Crippen molar-refractivity contribution in [3.05, 3.63) is 133 Å². The molecule has 0 aliphatic rings. The summed E-state index contributed by atoms with van der Waals surface area (Å²) in [5.41, 5.74) is 0. The van der Waals surface area contributed by atoms with Crippen LogP contribution in [0.25, 0.3) is 108 Å². The molecule has 0 nitrogen and oxygen atoms in total. The molecule has 0 saturated heterocycles. The lowest BCUT2D eigenvalue weighted by Gasteiger charge is -2.17. The van der Waals surface area contributed by atoms with Gasteiger partial charge in [-0.05, 0) is 138 Å². The van der Waals surface area contributed by atoms with Crippen LogP contribution in [0, 0.1) is 0 Å². The summed E-state index contributed by atoms with van der Waals surface area (Å²) in [7, 11) is 0. The maximum atomic E-state index is 2.45. The summed E-state index contributed by atoms with van der Waals surface area (Å²) < 4.78 is 0. The van der Waals surface area contributed by atoms with E-state index in [4.69, 9.17) is 0 Å². The van der Waals surface area contributed by atoms with Crippen LogP contribution in [0.1, 0.15) is 0 Å². The van der Waals surface area contributed by atoms with Crippen molar-refractivity contribution in [2.45, 2.75) is 0 Å². The fourth-order valence-corrected chi connectivity index (χ4v) is 8.29. The summed E-state index contributed by atoms with van der Waals surface area (Å²) in [6.45, 7) is 0. The molecule has 11 rings (SSSR count).